The number of nitrogens with one attached hydrogen (secondary N) is 2. The number of carbonyl (C=O) groups is 1. The summed E-state index contributed by atoms with van der Waals surface area (Å²) in [4.78, 5) is 15.7. The van der Waals surface area contributed by atoms with Crippen LogP contribution in [0, 0.1) is 25.7 Å². The zero-order valence-corrected chi connectivity index (χ0v) is 13.6. The van der Waals surface area contributed by atoms with Crippen molar-refractivity contribution in [3.05, 3.63) is 23.0 Å². The summed E-state index contributed by atoms with van der Waals surface area (Å²) >= 11 is 0. The van der Waals surface area contributed by atoms with Crippen molar-refractivity contribution in [2.45, 2.75) is 58.0 Å². The van der Waals surface area contributed by atoms with Crippen molar-refractivity contribution in [3.63, 3.8) is 0 Å². The minimum absolute atomic E-state index is 0. The highest BCUT2D eigenvalue weighted by Crippen LogP contribution is 2.39. The van der Waals surface area contributed by atoms with Gasteiger partial charge < -0.3 is 16.0 Å². The highest BCUT2D eigenvalue weighted by Gasteiger charge is 2.40. The van der Waals surface area contributed by atoms with Gasteiger partial charge in [0, 0.05) is 17.8 Å². The molecule has 0 spiro atoms. The van der Waals surface area contributed by atoms with E-state index < -0.39 is 0 Å². The Bertz CT molecular complexity index is 500. The maximum atomic E-state index is 12.5. The molecule has 5 heteroatoms. The van der Waals surface area contributed by atoms with Gasteiger partial charge in [-0.3, -0.25) is 4.79 Å². The largest absolute Gasteiger partial charge is 0.354 e. The molecule has 3 rings (SSSR count). The van der Waals surface area contributed by atoms with Crippen molar-refractivity contribution in [2.75, 3.05) is 0 Å². The minimum Gasteiger partial charge on any atom is -0.354 e. The molecule has 0 saturated heterocycles. The van der Waals surface area contributed by atoms with Crippen LogP contribution in [0.25, 0.3) is 0 Å². The van der Waals surface area contributed by atoms with Crippen LogP contribution >= 0.6 is 12.4 Å². The Morgan fingerprint density at radius 1 is 1.29 bits per heavy atom. The molecule has 118 valence electrons. The number of aromatic nitrogens is 1. The van der Waals surface area contributed by atoms with Gasteiger partial charge in [-0.05, 0) is 63.0 Å². The van der Waals surface area contributed by atoms with Crippen LogP contribution in [0.4, 0.5) is 0 Å². The molecular weight excluding hydrogens is 286 g/mol. The Morgan fingerprint density at radius 3 is 2.43 bits per heavy atom. The fourth-order valence-corrected chi connectivity index (χ4v) is 4.21. The van der Waals surface area contributed by atoms with E-state index in [-0.39, 0.29) is 18.3 Å². The number of rotatable bonds is 2. The van der Waals surface area contributed by atoms with Crippen molar-refractivity contribution in [2.24, 2.45) is 17.6 Å². The molecule has 1 aromatic rings. The molecule has 4 nitrogen and oxygen atoms in total. The average molecular weight is 312 g/mol. The summed E-state index contributed by atoms with van der Waals surface area (Å²) in [5, 5.41) is 3.29. The van der Waals surface area contributed by atoms with Gasteiger partial charge in [0.15, 0.2) is 0 Å². The Balaban J connectivity index is 0.00000161. The molecule has 1 amide bonds. The molecule has 21 heavy (non-hydrogen) atoms. The highest BCUT2D eigenvalue weighted by molar-refractivity contribution is 5.94. The number of aromatic amines is 1. The van der Waals surface area contributed by atoms with E-state index >= 15 is 0 Å². The van der Waals surface area contributed by atoms with Crippen LogP contribution in [0.3, 0.4) is 0 Å². The predicted molar refractivity (Wildman–Crippen MR) is 86.8 cm³/mol. The summed E-state index contributed by atoms with van der Waals surface area (Å²) in [6.07, 6.45) is 5.82. The van der Waals surface area contributed by atoms with Gasteiger partial charge in [-0.15, -0.1) is 12.4 Å². The fourth-order valence-electron chi connectivity index (χ4n) is 4.21. The molecule has 2 unspecified atom stereocenters. The first-order chi connectivity index (χ1) is 9.54. The number of nitrogens with two attached hydrogens (primary N) is 1. The lowest BCUT2D eigenvalue weighted by Crippen LogP contribution is -2.53. The molecule has 2 aliphatic carbocycles. The Morgan fingerprint density at radius 2 is 1.90 bits per heavy atom. The summed E-state index contributed by atoms with van der Waals surface area (Å²) in [7, 11) is 0. The van der Waals surface area contributed by atoms with Gasteiger partial charge in [-0.2, -0.15) is 0 Å². The number of hydrogen-bond donors (Lipinski definition) is 3. The number of hydrogen-bond acceptors (Lipinski definition) is 2. The number of amides is 1. The lowest BCUT2D eigenvalue weighted by Gasteiger charge is -2.45. The van der Waals surface area contributed by atoms with E-state index in [4.69, 9.17) is 5.73 Å². The Labute approximate surface area is 132 Å². The monoisotopic (exact) mass is 311 g/mol. The second-order valence-electron chi connectivity index (χ2n) is 6.69. The average Bonchev–Trinajstić information content (AvgIpc) is 2.69. The van der Waals surface area contributed by atoms with Gasteiger partial charge in [-0.25, -0.2) is 0 Å². The van der Waals surface area contributed by atoms with Crippen LogP contribution in [-0.4, -0.2) is 23.0 Å². The summed E-state index contributed by atoms with van der Waals surface area (Å²) in [6, 6.07) is 2.67. The van der Waals surface area contributed by atoms with E-state index in [1.807, 2.05) is 19.9 Å². The number of fused-ring (bicyclic) bond motifs is 2. The smallest absolute Gasteiger partial charge is 0.268 e. The van der Waals surface area contributed by atoms with Gasteiger partial charge in [-0.1, -0.05) is 6.42 Å². The normalized spacial score (nSPS) is 31.4. The molecule has 2 saturated carbocycles. The van der Waals surface area contributed by atoms with Crippen LogP contribution in [0.5, 0.6) is 0 Å². The maximum Gasteiger partial charge on any atom is 0.268 e. The quantitative estimate of drug-likeness (QED) is 0.786. The summed E-state index contributed by atoms with van der Waals surface area (Å²) in [5.74, 6) is 1.18. The molecule has 1 heterocycles. The third-order valence-corrected chi connectivity index (χ3v) is 5.05. The molecular formula is C16H26ClN3O. The van der Waals surface area contributed by atoms with Gasteiger partial charge in [0.2, 0.25) is 0 Å². The summed E-state index contributed by atoms with van der Waals surface area (Å²) in [5.41, 5.74) is 8.92. The lowest BCUT2D eigenvalue weighted by molar-refractivity contribution is 0.0751. The lowest BCUT2D eigenvalue weighted by atomic mass is 9.67. The molecule has 0 aromatic carbocycles. The minimum atomic E-state index is 0. The molecule has 2 bridgehead atoms. The van der Waals surface area contributed by atoms with Crippen LogP contribution in [0.15, 0.2) is 6.07 Å². The molecule has 2 atom stereocenters. The standard InChI is InChI=1S/C16H25N3O.ClH/c1-9-6-10(2)18-14(9)16(20)19-15-11-4-3-5-12(15)8-13(17)7-11;/h6,11-13,15,18H,3-5,7-8,17H2,1-2H3,(H,19,20);1H. The summed E-state index contributed by atoms with van der Waals surface area (Å²) in [6.45, 7) is 3.97. The number of carbonyl (C=O) groups excluding carboxylic acids is 1. The zero-order chi connectivity index (χ0) is 14.3. The number of halogens is 1. The Hall–Kier alpha value is -1.00. The topological polar surface area (TPSA) is 70.9 Å². The molecule has 4 N–H and O–H groups in total. The van der Waals surface area contributed by atoms with Crippen LogP contribution in [0.1, 0.15) is 53.8 Å². The summed E-state index contributed by atoms with van der Waals surface area (Å²) < 4.78 is 0. The molecule has 2 aliphatic rings. The van der Waals surface area contributed by atoms with E-state index in [9.17, 15) is 4.79 Å². The van der Waals surface area contributed by atoms with Gasteiger partial charge in [0.25, 0.3) is 5.91 Å². The second-order valence-corrected chi connectivity index (χ2v) is 6.69. The predicted octanol–water partition coefficient (Wildman–Crippen LogP) is 2.69. The first kappa shape index (κ1) is 16.4. The van der Waals surface area contributed by atoms with Gasteiger partial charge in [0.1, 0.15) is 5.69 Å². The highest BCUT2D eigenvalue weighted by atomic mass is 35.5. The number of H-pyrrole nitrogens is 1. The Kier molecular flexibility index (Phi) is 4.99. The van der Waals surface area contributed by atoms with Gasteiger partial charge in [0.05, 0.1) is 0 Å². The molecule has 0 aliphatic heterocycles. The van der Waals surface area contributed by atoms with Crippen LogP contribution < -0.4 is 11.1 Å². The van der Waals surface area contributed by atoms with Crippen molar-refractivity contribution >= 4 is 18.3 Å². The third-order valence-electron chi connectivity index (χ3n) is 5.05. The molecule has 2 fully saturated rings. The fraction of sp³-hybridized carbons (Fsp3) is 0.688. The second kappa shape index (κ2) is 6.41. The van der Waals surface area contributed by atoms with Crippen molar-refractivity contribution in [1.82, 2.24) is 10.3 Å². The molecule has 0 radical (unpaired) electrons. The van der Waals surface area contributed by atoms with Gasteiger partial charge >= 0.3 is 0 Å². The third kappa shape index (κ3) is 3.27. The van der Waals surface area contributed by atoms with E-state index in [0.29, 0.717) is 23.9 Å². The van der Waals surface area contributed by atoms with E-state index in [0.717, 1.165) is 29.8 Å². The van der Waals surface area contributed by atoms with Crippen LogP contribution in [0.2, 0.25) is 0 Å². The van der Waals surface area contributed by atoms with Crippen molar-refractivity contribution in [1.29, 1.82) is 0 Å². The zero-order valence-electron chi connectivity index (χ0n) is 12.8. The molecule has 1 aromatic heterocycles. The van der Waals surface area contributed by atoms with Crippen LogP contribution in [-0.2, 0) is 0 Å². The van der Waals surface area contributed by atoms with Crippen molar-refractivity contribution < 1.29 is 4.79 Å². The van der Waals surface area contributed by atoms with Crippen molar-refractivity contribution in [3.8, 4) is 0 Å². The first-order valence-electron chi connectivity index (χ1n) is 7.77. The first-order valence-corrected chi connectivity index (χ1v) is 7.77. The maximum absolute atomic E-state index is 12.5. The van der Waals surface area contributed by atoms with E-state index in [2.05, 4.69) is 10.3 Å². The van der Waals surface area contributed by atoms with E-state index in [1.165, 1.54) is 19.3 Å². The SMILES string of the molecule is Cc1cc(C)c(C(=O)NC2C3CCCC2CC(N)C3)[nH]1.Cl. The van der Waals surface area contributed by atoms with E-state index in [1.54, 1.807) is 0 Å². The number of aryl methyl sites for hydroxylation is 2.